The molecule has 0 radical (unpaired) electrons. The summed E-state index contributed by atoms with van der Waals surface area (Å²) < 4.78 is 0. The van der Waals surface area contributed by atoms with Crippen molar-refractivity contribution in [2.24, 2.45) is 0 Å². The molecule has 2 unspecified atom stereocenters. The van der Waals surface area contributed by atoms with E-state index in [-0.39, 0.29) is 104 Å². The van der Waals surface area contributed by atoms with E-state index in [2.05, 4.69) is 0 Å². The molecule has 6 nitrogen and oxygen atoms in total. The molecule has 0 spiro atoms. The van der Waals surface area contributed by atoms with Gasteiger partial charge in [-0.2, -0.15) is 0 Å². The number of hydrogen-bond donors (Lipinski definition) is 4. The predicted octanol–water partition coefficient (Wildman–Crippen LogP) is -5.65. The number of carboxylic acid groups (broad SMARTS) is 2. The molecule has 0 saturated carbocycles. The minimum absolute atomic E-state index is 0. The van der Waals surface area contributed by atoms with Gasteiger partial charge in [0, 0.05) is 0 Å². The Morgan fingerprint density at radius 3 is 1.25 bits per heavy atom. The van der Waals surface area contributed by atoms with Gasteiger partial charge in [0.05, 0.1) is 0 Å². The normalized spacial score (nSPS) is 13.2. The zero-order valence-electron chi connectivity index (χ0n) is 6.76. The van der Waals surface area contributed by atoms with Crippen LogP contribution >= 0.6 is 0 Å². The van der Waals surface area contributed by atoms with E-state index in [4.69, 9.17) is 20.4 Å². The fraction of sp³-hybridized carbons (Fsp3) is 0.500. The molecule has 0 aromatic carbocycles. The first kappa shape index (κ1) is 19.7. The van der Waals surface area contributed by atoms with E-state index in [1.807, 2.05) is 0 Å². The third-order valence-corrected chi connectivity index (χ3v) is 0.805. The maximum atomic E-state index is 9.77. The van der Waals surface area contributed by atoms with Crippen LogP contribution in [0.4, 0.5) is 0 Å². The third-order valence-electron chi connectivity index (χ3n) is 0.805. The molecule has 0 aliphatic carbocycles. The Balaban J connectivity index is -0.000000135. The summed E-state index contributed by atoms with van der Waals surface area (Å²) >= 11 is 0. The molecule has 8 heteroatoms. The fourth-order valence-electron chi connectivity index (χ4n) is 0.270. The van der Waals surface area contributed by atoms with Crippen LogP contribution in [0.2, 0.25) is 0 Å². The molecule has 0 saturated heterocycles. The van der Waals surface area contributed by atoms with Gasteiger partial charge in [0.1, 0.15) is 0 Å². The van der Waals surface area contributed by atoms with Crippen molar-refractivity contribution in [2.75, 3.05) is 0 Å². The van der Waals surface area contributed by atoms with Crippen LogP contribution in [0.3, 0.4) is 0 Å². The van der Waals surface area contributed by atoms with E-state index in [9.17, 15) is 9.59 Å². The van der Waals surface area contributed by atoms with E-state index in [1.54, 1.807) is 0 Å². The van der Waals surface area contributed by atoms with Gasteiger partial charge in [-0.3, -0.25) is 0 Å². The monoisotopic (exact) mass is 230 g/mol. The van der Waals surface area contributed by atoms with Crippen LogP contribution in [-0.2, 0) is 9.59 Å². The van der Waals surface area contributed by atoms with Crippen molar-refractivity contribution in [2.45, 2.75) is 12.2 Å². The number of aliphatic hydroxyl groups is 2. The Kier molecular flexibility index (Phi) is 15.9. The summed E-state index contributed by atoms with van der Waals surface area (Å²) in [5.41, 5.74) is 0. The van der Waals surface area contributed by atoms with Crippen LogP contribution in [0, 0.1) is 0 Å². The first-order chi connectivity index (χ1) is 4.46. The number of hydrogen-bond acceptors (Lipinski definition) is 4. The number of carbonyl (C=O) groups is 2. The summed E-state index contributed by atoms with van der Waals surface area (Å²) in [5.74, 6) is -3.54. The first-order valence-electron chi connectivity index (χ1n) is 2.28. The summed E-state index contributed by atoms with van der Waals surface area (Å²) in [6.07, 6.45) is -4.53. The SMILES string of the molecule is O=C(O)C(O)C(O)C(=O)O.[H+].[K+].[KH]. The van der Waals surface area contributed by atoms with Gasteiger partial charge in [-0.1, -0.05) is 0 Å². The predicted molar refractivity (Wildman–Crippen MR) is 35.5 cm³/mol. The van der Waals surface area contributed by atoms with Crippen molar-refractivity contribution >= 4 is 63.3 Å². The molecule has 0 bridgehead atoms. The van der Waals surface area contributed by atoms with Crippen molar-refractivity contribution in [3.05, 3.63) is 0 Å². The van der Waals surface area contributed by atoms with Gasteiger partial charge < -0.3 is 20.4 Å². The van der Waals surface area contributed by atoms with Crippen molar-refractivity contribution < 1.29 is 82.8 Å². The van der Waals surface area contributed by atoms with Crippen molar-refractivity contribution in [3.63, 3.8) is 0 Å². The quantitative estimate of drug-likeness (QED) is 0.359. The van der Waals surface area contributed by atoms with Crippen molar-refractivity contribution in [1.82, 2.24) is 0 Å². The van der Waals surface area contributed by atoms with E-state index >= 15 is 0 Å². The minimum atomic E-state index is -2.27. The second-order valence-corrected chi connectivity index (χ2v) is 1.57. The third kappa shape index (κ3) is 7.53. The van der Waals surface area contributed by atoms with Gasteiger partial charge in [0.25, 0.3) is 0 Å². The van der Waals surface area contributed by atoms with Gasteiger partial charge in [-0.05, 0) is 0 Å². The molecule has 0 aromatic rings. The van der Waals surface area contributed by atoms with Gasteiger partial charge in [0.2, 0.25) is 0 Å². The summed E-state index contributed by atoms with van der Waals surface area (Å²) in [6, 6.07) is 0. The molecule has 0 aliphatic heterocycles. The molecule has 0 heterocycles. The van der Waals surface area contributed by atoms with Gasteiger partial charge >= 0.3 is 116 Å². The molecule has 0 amide bonds. The van der Waals surface area contributed by atoms with Crippen molar-refractivity contribution in [3.8, 4) is 0 Å². The Morgan fingerprint density at radius 2 is 1.17 bits per heavy atom. The molecular weight excluding hydrogens is 222 g/mol. The van der Waals surface area contributed by atoms with E-state index in [0.717, 1.165) is 0 Å². The summed E-state index contributed by atoms with van der Waals surface area (Å²) in [6.45, 7) is 0. The Hall–Kier alpha value is 2.13. The van der Waals surface area contributed by atoms with Crippen molar-refractivity contribution in [1.29, 1.82) is 0 Å². The molecule has 0 aromatic heterocycles. The zero-order valence-corrected chi connectivity index (χ0v) is 8.88. The molecular formula is C4H8K2O6+2. The van der Waals surface area contributed by atoms with Gasteiger partial charge in [-0.15, -0.1) is 0 Å². The van der Waals surface area contributed by atoms with E-state index in [0.29, 0.717) is 0 Å². The summed E-state index contributed by atoms with van der Waals surface area (Å²) in [4.78, 5) is 19.5. The molecule has 60 valence electrons. The van der Waals surface area contributed by atoms with Crippen LogP contribution in [0.15, 0.2) is 0 Å². The van der Waals surface area contributed by atoms with Gasteiger partial charge in [-0.25, -0.2) is 9.59 Å². The standard InChI is InChI=1S/C4H6O6.2K.H/c5-1(3(7)8)2(6)4(9)10;;;/h1-2,5-6H,(H,7,8)(H,9,10);;;/q;;+1;/p+1. The van der Waals surface area contributed by atoms with E-state index < -0.39 is 24.1 Å². The average Bonchev–Trinajstić information content (AvgIpc) is 1.84. The fourth-order valence-corrected chi connectivity index (χ4v) is 0.270. The second kappa shape index (κ2) is 9.68. The number of rotatable bonds is 3. The molecule has 0 aliphatic rings. The summed E-state index contributed by atoms with van der Waals surface area (Å²) in [7, 11) is 0. The molecule has 12 heavy (non-hydrogen) atoms. The molecule has 0 rings (SSSR count). The zero-order chi connectivity index (χ0) is 8.31. The molecule has 2 atom stereocenters. The number of aliphatic carboxylic acids is 2. The Morgan fingerprint density at radius 1 is 1.00 bits per heavy atom. The van der Waals surface area contributed by atoms with Crippen LogP contribution in [0.5, 0.6) is 0 Å². The molecule has 0 fully saturated rings. The Labute approximate surface area is 155 Å². The second-order valence-electron chi connectivity index (χ2n) is 1.57. The number of carboxylic acids is 2. The average molecular weight is 230 g/mol. The first-order valence-corrected chi connectivity index (χ1v) is 2.28. The van der Waals surface area contributed by atoms with Crippen LogP contribution in [-0.4, -0.2) is 96.0 Å². The topological polar surface area (TPSA) is 115 Å². The summed E-state index contributed by atoms with van der Waals surface area (Å²) in [5, 5.41) is 32.5. The van der Waals surface area contributed by atoms with Gasteiger partial charge in [0.15, 0.2) is 12.2 Å². The maximum absolute atomic E-state index is 9.77. The van der Waals surface area contributed by atoms with E-state index in [1.165, 1.54) is 0 Å². The van der Waals surface area contributed by atoms with Crippen LogP contribution in [0.1, 0.15) is 1.43 Å². The van der Waals surface area contributed by atoms with Crippen LogP contribution < -0.4 is 51.4 Å². The Bertz CT molecular complexity index is 147. The number of aliphatic hydroxyl groups excluding tert-OH is 2. The molecule has 4 N–H and O–H groups in total. The van der Waals surface area contributed by atoms with Crippen LogP contribution in [0.25, 0.3) is 0 Å².